The molecule has 0 saturated carbocycles. The summed E-state index contributed by atoms with van der Waals surface area (Å²) in [6, 6.07) is 14.2. The molecular weight excluding hydrogens is 378 g/mol. The van der Waals surface area contributed by atoms with Gasteiger partial charge in [-0.25, -0.2) is 9.59 Å². The maximum Gasteiger partial charge on any atom is 0.327 e. The molecule has 0 aliphatic carbocycles. The molecule has 7 heteroatoms. The van der Waals surface area contributed by atoms with Crippen LogP contribution in [0.25, 0.3) is 0 Å². The highest BCUT2D eigenvalue weighted by Crippen LogP contribution is 2.29. The predicted octanol–water partition coefficient (Wildman–Crippen LogP) is 3.71. The fourth-order valence-corrected chi connectivity index (χ4v) is 3.54. The van der Waals surface area contributed by atoms with Crippen molar-refractivity contribution < 1.29 is 14.3 Å². The number of nitrogens with one attached hydrogen (secondary N) is 1. The van der Waals surface area contributed by atoms with Gasteiger partial charge in [0.05, 0.1) is 7.11 Å². The lowest BCUT2D eigenvalue weighted by molar-refractivity contribution is -0.148. The summed E-state index contributed by atoms with van der Waals surface area (Å²) in [7, 11) is 1.37. The van der Waals surface area contributed by atoms with E-state index in [9.17, 15) is 9.59 Å². The molecule has 1 atom stereocenters. The lowest BCUT2D eigenvalue weighted by Crippen LogP contribution is -2.52. The third-order valence-electron chi connectivity index (χ3n) is 4.89. The highest BCUT2D eigenvalue weighted by Gasteiger charge is 2.33. The highest BCUT2D eigenvalue weighted by molar-refractivity contribution is 6.31. The third kappa shape index (κ3) is 4.64. The molecule has 2 amide bonds. The zero-order valence-corrected chi connectivity index (χ0v) is 16.8. The molecule has 3 rings (SSSR count). The minimum absolute atomic E-state index is 0.143. The van der Waals surface area contributed by atoms with E-state index >= 15 is 0 Å². The van der Waals surface area contributed by atoms with Gasteiger partial charge < -0.3 is 15.0 Å². The van der Waals surface area contributed by atoms with Gasteiger partial charge in [0, 0.05) is 36.9 Å². The maximum absolute atomic E-state index is 12.5. The molecule has 1 fully saturated rings. The molecule has 0 aromatic heterocycles. The van der Waals surface area contributed by atoms with Crippen LogP contribution in [0.15, 0.2) is 48.5 Å². The van der Waals surface area contributed by atoms with Crippen LogP contribution in [0, 0.1) is 6.92 Å². The SMILES string of the molecule is COC(=O)[C@H](c1ccccc1Cl)N1CCN(C(=O)Nc2ccc(C)cc2)CC1. The zero-order valence-electron chi connectivity index (χ0n) is 16.0. The molecule has 6 nitrogen and oxygen atoms in total. The van der Waals surface area contributed by atoms with E-state index < -0.39 is 6.04 Å². The van der Waals surface area contributed by atoms with Crippen molar-refractivity contribution >= 4 is 29.3 Å². The molecule has 1 saturated heterocycles. The Kier molecular flexibility index (Phi) is 6.54. The first-order chi connectivity index (χ1) is 13.5. The number of carbonyl (C=O) groups excluding carboxylic acids is 2. The number of ether oxygens (including phenoxy) is 1. The van der Waals surface area contributed by atoms with Gasteiger partial charge in [-0.1, -0.05) is 47.5 Å². The van der Waals surface area contributed by atoms with Crippen LogP contribution in [-0.4, -0.2) is 55.1 Å². The first kappa shape index (κ1) is 20.2. The van der Waals surface area contributed by atoms with Crippen LogP contribution < -0.4 is 5.32 Å². The van der Waals surface area contributed by atoms with Crippen molar-refractivity contribution in [3.63, 3.8) is 0 Å². The van der Waals surface area contributed by atoms with E-state index in [1.54, 1.807) is 11.0 Å². The molecule has 0 unspecified atom stereocenters. The fourth-order valence-electron chi connectivity index (χ4n) is 3.30. The minimum atomic E-state index is -0.582. The number of halogens is 1. The Hall–Kier alpha value is -2.57. The smallest absolute Gasteiger partial charge is 0.327 e. The zero-order chi connectivity index (χ0) is 20.1. The van der Waals surface area contributed by atoms with Crippen LogP contribution >= 0.6 is 11.6 Å². The number of hydrogen-bond acceptors (Lipinski definition) is 4. The van der Waals surface area contributed by atoms with Crippen molar-refractivity contribution in [1.82, 2.24) is 9.80 Å². The normalized spacial score (nSPS) is 15.8. The topological polar surface area (TPSA) is 61.9 Å². The molecule has 2 aromatic rings. The Bertz CT molecular complexity index is 833. The Balaban J connectivity index is 1.65. The summed E-state index contributed by atoms with van der Waals surface area (Å²) < 4.78 is 5.01. The summed E-state index contributed by atoms with van der Waals surface area (Å²) in [6.45, 7) is 4.12. The average molecular weight is 402 g/mol. The molecule has 148 valence electrons. The van der Waals surface area contributed by atoms with Crippen molar-refractivity contribution in [2.45, 2.75) is 13.0 Å². The summed E-state index contributed by atoms with van der Waals surface area (Å²) in [4.78, 5) is 28.7. The number of piperazine rings is 1. The fraction of sp³-hybridized carbons (Fsp3) is 0.333. The first-order valence-electron chi connectivity index (χ1n) is 9.18. The van der Waals surface area contributed by atoms with Crippen LogP contribution in [0.1, 0.15) is 17.2 Å². The largest absolute Gasteiger partial charge is 0.468 e. The Labute approximate surface area is 170 Å². The Morgan fingerprint density at radius 1 is 1.04 bits per heavy atom. The number of nitrogens with zero attached hydrogens (tertiary/aromatic N) is 2. The van der Waals surface area contributed by atoms with Crippen molar-refractivity contribution in [2.24, 2.45) is 0 Å². The summed E-state index contributed by atoms with van der Waals surface area (Å²) in [6.07, 6.45) is 0. The van der Waals surface area contributed by atoms with Crippen LogP contribution in [-0.2, 0) is 9.53 Å². The predicted molar refractivity (Wildman–Crippen MR) is 110 cm³/mol. The maximum atomic E-state index is 12.5. The number of amides is 2. The van der Waals surface area contributed by atoms with Gasteiger partial charge in [0.2, 0.25) is 0 Å². The van der Waals surface area contributed by atoms with E-state index in [2.05, 4.69) is 5.32 Å². The second kappa shape index (κ2) is 9.08. The van der Waals surface area contributed by atoms with Gasteiger partial charge >= 0.3 is 12.0 Å². The van der Waals surface area contributed by atoms with Gasteiger partial charge in [-0.15, -0.1) is 0 Å². The molecule has 28 heavy (non-hydrogen) atoms. The molecule has 0 bridgehead atoms. The highest BCUT2D eigenvalue weighted by atomic mass is 35.5. The lowest BCUT2D eigenvalue weighted by Gasteiger charge is -2.38. The summed E-state index contributed by atoms with van der Waals surface area (Å²) in [5.74, 6) is -0.356. The van der Waals surface area contributed by atoms with Gasteiger partial charge in [0.25, 0.3) is 0 Å². The van der Waals surface area contributed by atoms with Crippen LogP contribution in [0.4, 0.5) is 10.5 Å². The molecular formula is C21H24ClN3O3. The van der Waals surface area contributed by atoms with E-state index in [1.807, 2.05) is 54.3 Å². The number of aryl methyl sites for hydroxylation is 1. The average Bonchev–Trinajstić information content (AvgIpc) is 2.71. The third-order valence-corrected chi connectivity index (χ3v) is 5.24. The molecule has 1 N–H and O–H groups in total. The summed E-state index contributed by atoms with van der Waals surface area (Å²) >= 11 is 6.31. The second-order valence-corrected chi connectivity index (χ2v) is 7.17. The van der Waals surface area contributed by atoms with Gasteiger partial charge in [-0.3, -0.25) is 4.90 Å². The van der Waals surface area contributed by atoms with Crippen LogP contribution in [0.2, 0.25) is 5.02 Å². The quantitative estimate of drug-likeness (QED) is 0.793. The molecule has 2 aromatic carbocycles. The van der Waals surface area contributed by atoms with Gasteiger partial charge in [-0.05, 0) is 30.7 Å². The number of rotatable bonds is 4. The first-order valence-corrected chi connectivity index (χ1v) is 9.56. The molecule has 1 aliphatic rings. The van der Waals surface area contributed by atoms with Crippen molar-refractivity contribution in [2.75, 3.05) is 38.6 Å². The molecule has 0 spiro atoms. The standard InChI is InChI=1S/C21H24ClN3O3/c1-15-7-9-16(10-8-15)23-21(27)25-13-11-24(12-14-25)19(20(26)28-2)17-5-3-4-6-18(17)22/h3-10,19H,11-14H2,1-2H3,(H,23,27)/t19-/m0/s1. The summed E-state index contributed by atoms with van der Waals surface area (Å²) in [5.41, 5.74) is 2.62. The number of esters is 1. The Morgan fingerprint density at radius 2 is 1.68 bits per heavy atom. The second-order valence-electron chi connectivity index (χ2n) is 6.77. The number of methoxy groups -OCH3 is 1. The summed E-state index contributed by atoms with van der Waals surface area (Å²) in [5, 5.41) is 3.44. The minimum Gasteiger partial charge on any atom is -0.468 e. The van der Waals surface area contributed by atoms with E-state index in [1.165, 1.54) is 7.11 Å². The van der Waals surface area contributed by atoms with Crippen LogP contribution in [0.5, 0.6) is 0 Å². The van der Waals surface area contributed by atoms with Gasteiger partial charge in [0.15, 0.2) is 0 Å². The lowest BCUT2D eigenvalue weighted by atomic mass is 10.0. The number of hydrogen-bond donors (Lipinski definition) is 1. The molecule has 0 radical (unpaired) electrons. The van der Waals surface area contributed by atoms with E-state index in [0.29, 0.717) is 36.8 Å². The monoisotopic (exact) mass is 401 g/mol. The van der Waals surface area contributed by atoms with E-state index in [-0.39, 0.29) is 12.0 Å². The van der Waals surface area contributed by atoms with E-state index in [4.69, 9.17) is 16.3 Å². The van der Waals surface area contributed by atoms with E-state index in [0.717, 1.165) is 11.3 Å². The Morgan fingerprint density at radius 3 is 2.29 bits per heavy atom. The van der Waals surface area contributed by atoms with Gasteiger partial charge in [0.1, 0.15) is 6.04 Å². The number of urea groups is 1. The van der Waals surface area contributed by atoms with Crippen molar-refractivity contribution in [3.05, 3.63) is 64.7 Å². The number of benzene rings is 2. The van der Waals surface area contributed by atoms with Crippen molar-refractivity contribution in [1.29, 1.82) is 0 Å². The molecule has 1 aliphatic heterocycles. The number of carbonyl (C=O) groups is 2. The van der Waals surface area contributed by atoms with Gasteiger partial charge in [-0.2, -0.15) is 0 Å². The van der Waals surface area contributed by atoms with Crippen LogP contribution in [0.3, 0.4) is 0 Å². The molecule has 1 heterocycles. The van der Waals surface area contributed by atoms with Crippen molar-refractivity contribution in [3.8, 4) is 0 Å². The number of anilines is 1.